The van der Waals surface area contributed by atoms with E-state index in [9.17, 15) is 4.39 Å². The molecule has 108 valence electrons. The summed E-state index contributed by atoms with van der Waals surface area (Å²) in [7, 11) is 0. The summed E-state index contributed by atoms with van der Waals surface area (Å²) < 4.78 is 18.6. The Morgan fingerprint density at radius 2 is 2.14 bits per heavy atom. The SMILES string of the molecule is CCc1cc(-c2nc(-c3ccc(F)c(C)c3)no2)c(N)s1. The number of nitrogens with two attached hydrogens (primary N) is 1. The molecule has 0 saturated carbocycles. The molecular formula is C15H14FN3OS. The lowest BCUT2D eigenvalue weighted by Crippen LogP contribution is -1.86. The highest BCUT2D eigenvalue weighted by Crippen LogP contribution is 2.34. The molecule has 0 atom stereocenters. The van der Waals surface area contributed by atoms with Gasteiger partial charge in [-0.25, -0.2) is 4.39 Å². The summed E-state index contributed by atoms with van der Waals surface area (Å²) in [5.41, 5.74) is 8.00. The summed E-state index contributed by atoms with van der Waals surface area (Å²) in [6.45, 7) is 3.76. The Bertz CT molecular complexity index is 794. The molecule has 0 fully saturated rings. The Kier molecular flexibility index (Phi) is 3.47. The minimum Gasteiger partial charge on any atom is -0.390 e. The molecule has 2 N–H and O–H groups in total. The van der Waals surface area contributed by atoms with Crippen LogP contribution in [0.5, 0.6) is 0 Å². The van der Waals surface area contributed by atoms with E-state index in [0.29, 0.717) is 27.8 Å². The molecule has 0 unspecified atom stereocenters. The van der Waals surface area contributed by atoms with Crippen LogP contribution >= 0.6 is 11.3 Å². The van der Waals surface area contributed by atoms with Gasteiger partial charge in [-0.05, 0) is 43.2 Å². The summed E-state index contributed by atoms with van der Waals surface area (Å²) in [6, 6.07) is 6.69. The van der Waals surface area contributed by atoms with Crippen LogP contribution in [0.15, 0.2) is 28.8 Å². The number of aromatic nitrogens is 2. The van der Waals surface area contributed by atoms with Crippen molar-refractivity contribution in [1.82, 2.24) is 10.1 Å². The predicted molar refractivity (Wildman–Crippen MR) is 81.5 cm³/mol. The van der Waals surface area contributed by atoms with Crippen LogP contribution in [0.2, 0.25) is 0 Å². The molecule has 1 aromatic carbocycles. The third-order valence-corrected chi connectivity index (χ3v) is 4.34. The fraction of sp³-hybridized carbons (Fsp3) is 0.200. The summed E-state index contributed by atoms with van der Waals surface area (Å²) in [6.07, 6.45) is 0.910. The van der Waals surface area contributed by atoms with E-state index >= 15 is 0 Å². The van der Waals surface area contributed by atoms with Gasteiger partial charge in [0.25, 0.3) is 5.89 Å². The maximum absolute atomic E-state index is 13.3. The van der Waals surface area contributed by atoms with Crippen LogP contribution in [0.1, 0.15) is 17.4 Å². The van der Waals surface area contributed by atoms with E-state index in [1.165, 1.54) is 22.3 Å². The van der Waals surface area contributed by atoms with E-state index in [4.69, 9.17) is 10.3 Å². The molecule has 3 aromatic rings. The van der Waals surface area contributed by atoms with Gasteiger partial charge >= 0.3 is 0 Å². The molecule has 0 aliphatic heterocycles. The first-order valence-electron chi connectivity index (χ1n) is 6.57. The van der Waals surface area contributed by atoms with Crippen molar-refractivity contribution in [2.24, 2.45) is 0 Å². The third-order valence-electron chi connectivity index (χ3n) is 3.23. The molecule has 3 rings (SSSR count). The van der Waals surface area contributed by atoms with Crippen LogP contribution in [0, 0.1) is 12.7 Å². The van der Waals surface area contributed by atoms with Crippen molar-refractivity contribution in [2.75, 3.05) is 5.73 Å². The summed E-state index contributed by atoms with van der Waals surface area (Å²) in [5.74, 6) is 0.564. The molecule has 0 spiro atoms. The van der Waals surface area contributed by atoms with E-state index < -0.39 is 0 Å². The molecular weight excluding hydrogens is 289 g/mol. The minimum atomic E-state index is -0.253. The standard InChI is InChI=1S/C15H14FN3OS/c1-3-10-7-11(13(17)21-10)15-18-14(19-20-15)9-4-5-12(16)8(2)6-9/h4-7H,3,17H2,1-2H3. The van der Waals surface area contributed by atoms with Crippen molar-refractivity contribution in [3.63, 3.8) is 0 Å². The van der Waals surface area contributed by atoms with Crippen molar-refractivity contribution in [1.29, 1.82) is 0 Å². The predicted octanol–water partition coefficient (Wildman–Crippen LogP) is 4.06. The molecule has 21 heavy (non-hydrogen) atoms. The minimum absolute atomic E-state index is 0.253. The number of hydrogen-bond donors (Lipinski definition) is 1. The second-order valence-corrected chi connectivity index (χ2v) is 5.90. The molecule has 0 amide bonds. The summed E-state index contributed by atoms with van der Waals surface area (Å²) in [4.78, 5) is 5.52. The molecule has 0 radical (unpaired) electrons. The first-order chi connectivity index (χ1) is 10.1. The number of halogens is 1. The molecule has 0 bridgehead atoms. The normalized spacial score (nSPS) is 11.0. The maximum atomic E-state index is 13.3. The largest absolute Gasteiger partial charge is 0.390 e. The van der Waals surface area contributed by atoms with E-state index in [-0.39, 0.29) is 5.82 Å². The number of nitrogens with zero attached hydrogens (tertiary/aromatic N) is 2. The lowest BCUT2D eigenvalue weighted by atomic mass is 10.1. The zero-order valence-electron chi connectivity index (χ0n) is 11.7. The van der Waals surface area contributed by atoms with Gasteiger partial charge in [-0.3, -0.25) is 0 Å². The van der Waals surface area contributed by atoms with Crippen molar-refractivity contribution in [2.45, 2.75) is 20.3 Å². The third kappa shape index (κ3) is 2.54. The number of benzene rings is 1. The Labute approximate surface area is 125 Å². The number of nitrogen functional groups attached to an aromatic ring is 1. The van der Waals surface area contributed by atoms with Gasteiger partial charge in [0, 0.05) is 10.4 Å². The highest BCUT2D eigenvalue weighted by molar-refractivity contribution is 7.16. The van der Waals surface area contributed by atoms with E-state index in [1.807, 2.05) is 6.07 Å². The van der Waals surface area contributed by atoms with Crippen molar-refractivity contribution >= 4 is 16.3 Å². The summed E-state index contributed by atoms with van der Waals surface area (Å²) >= 11 is 1.52. The van der Waals surface area contributed by atoms with Gasteiger partial charge in [-0.15, -0.1) is 11.3 Å². The Morgan fingerprint density at radius 1 is 1.33 bits per heavy atom. The van der Waals surface area contributed by atoms with Crippen LogP contribution in [-0.4, -0.2) is 10.1 Å². The van der Waals surface area contributed by atoms with Crippen LogP contribution in [0.3, 0.4) is 0 Å². The van der Waals surface area contributed by atoms with Crippen LogP contribution in [0.25, 0.3) is 22.8 Å². The lowest BCUT2D eigenvalue weighted by Gasteiger charge is -1.97. The Balaban J connectivity index is 1.99. The van der Waals surface area contributed by atoms with Gasteiger partial charge < -0.3 is 10.3 Å². The smallest absolute Gasteiger partial charge is 0.261 e. The van der Waals surface area contributed by atoms with Gasteiger partial charge in [0.05, 0.1) is 10.6 Å². The van der Waals surface area contributed by atoms with Gasteiger partial charge in [0.2, 0.25) is 5.82 Å². The fourth-order valence-corrected chi connectivity index (χ4v) is 2.89. The Hall–Kier alpha value is -2.21. The Morgan fingerprint density at radius 3 is 2.81 bits per heavy atom. The number of rotatable bonds is 3. The maximum Gasteiger partial charge on any atom is 0.261 e. The van der Waals surface area contributed by atoms with Crippen LogP contribution in [0.4, 0.5) is 9.39 Å². The number of anilines is 1. The second-order valence-electron chi connectivity index (χ2n) is 4.73. The highest BCUT2D eigenvalue weighted by atomic mass is 32.1. The molecule has 2 aromatic heterocycles. The van der Waals surface area contributed by atoms with E-state index in [0.717, 1.165) is 12.0 Å². The first-order valence-corrected chi connectivity index (χ1v) is 7.39. The fourth-order valence-electron chi connectivity index (χ4n) is 2.03. The number of aryl methyl sites for hydroxylation is 2. The van der Waals surface area contributed by atoms with E-state index in [1.54, 1.807) is 19.1 Å². The molecule has 0 aliphatic rings. The monoisotopic (exact) mass is 303 g/mol. The molecule has 4 nitrogen and oxygen atoms in total. The zero-order valence-corrected chi connectivity index (χ0v) is 12.5. The first kappa shape index (κ1) is 13.8. The average Bonchev–Trinajstić information content (AvgIpc) is 3.08. The van der Waals surface area contributed by atoms with E-state index in [2.05, 4.69) is 17.1 Å². The molecule has 0 saturated heterocycles. The van der Waals surface area contributed by atoms with Gasteiger partial charge in [-0.2, -0.15) is 4.98 Å². The van der Waals surface area contributed by atoms with Crippen LogP contribution in [-0.2, 0) is 6.42 Å². The molecule has 0 aliphatic carbocycles. The van der Waals surface area contributed by atoms with Crippen molar-refractivity contribution in [3.05, 3.63) is 40.5 Å². The number of thiophene rings is 1. The van der Waals surface area contributed by atoms with Crippen LogP contribution < -0.4 is 5.73 Å². The molecule has 6 heteroatoms. The highest BCUT2D eigenvalue weighted by Gasteiger charge is 2.16. The lowest BCUT2D eigenvalue weighted by molar-refractivity contribution is 0.432. The average molecular weight is 303 g/mol. The quantitative estimate of drug-likeness (QED) is 0.792. The zero-order chi connectivity index (χ0) is 15.0. The van der Waals surface area contributed by atoms with Gasteiger partial charge in [-0.1, -0.05) is 12.1 Å². The topological polar surface area (TPSA) is 64.9 Å². The second kappa shape index (κ2) is 5.29. The molecule has 2 heterocycles. The van der Waals surface area contributed by atoms with Crippen molar-refractivity contribution < 1.29 is 8.91 Å². The summed E-state index contributed by atoms with van der Waals surface area (Å²) in [5, 5.41) is 4.61. The van der Waals surface area contributed by atoms with Gasteiger partial charge in [0.1, 0.15) is 5.82 Å². The van der Waals surface area contributed by atoms with Gasteiger partial charge in [0.15, 0.2) is 0 Å². The van der Waals surface area contributed by atoms with Crippen molar-refractivity contribution in [3.8, 4) is 22.8 Å². The number of hydrogen-bond acceptors (Lipinski definition) is 5.